The quantitative estimate of drug-likeness (QED) is 0.107. The molecule has 0 fully saturated rings. The molecule has 15 heteroatoms. The topological polar surface area (TPSA) is 80.6 Å². The zero-order valence-electron chi connectivity index (χ0n) is 30.7. The first-order valence-electron chi connectivity index (χ1n) is 16.8. The lowest BCUT2D eigenvalue weighted by Gasteiger charge is -2.25. The molecule has 3 rings (SSSR count). The molecule has 0 saturated carbocycles. The molecule has 290 valence electrons. The summed E-state index contributed by atoms with van der Waals surface area (Å²) in [6.45, 7) is 9.56. The number of alkyl halides is 6. The smallest absolute Gasteiger partial charge is 0.419 e. The molecule has 1 N–H and O–H groups in total. The Labute approximate surface area is 302 Å². The Morgan fingerprint density at radius 1 is 0.925 bits per heavy atom. The second-order valence-electron chi connectivity index (χ2n) is 13.6. The van der Waals surface area contributed by atoms with Gasteiger partial charge in [0.05, 0.1) is 29.0 Å². The summed E-state index contributed by atoms with van der Waals surface area (Å²) < 4.78 is 124. The summed E-state index contributed by atoms with van der Waals surface area (Å²) in [5.74, 6) is -6.62. The number of hydrogen-bond donors (Lipinski definition) is 1. The summed E-state index contributed by atoms with van der Waals surface area (Å²) in [5.41, 5.74) is -6.33. The minimum Gasteiger partial charge on any atom is -0.463 e. The Kier molecular flexibility index (Phi) is 13.8. The maximum atomic E-state index is 16.7. The number of nitrogens with zero attached hydrogens (tertiary/aromatic N) is 2. The highest BCUT2D eigenvalue weighted by Crippen LogP contribution is 2.42. The van der Waals surface area contributed by atoms with Gasteiger partial charge in [-0.05, 0) is 102 Å². The molecule has 1 amide bonds. The van der Waals surface area contributed by atoms with E-state index in [-0.39, 0.29) is 37.0 Å². The van der Waals surface area contributed by atoms with Crippen LogP contribution in [-0.2, 0) is 33.1 Å². The van der Waals surface area contributed by atoms with Crippen molar-refractivity contribution in [2.75, 3.05) is 27.2 Å². The molecule has 0 bridgehead atoms. The molecule has 0 saturated heterocycles. The van der Waals surface area contributed by atoms with E-state index in [1.54, 1.807) is 51.9 Å². The van der Waals surface area contributed by atoms with E-state index in [0.717, 1.165) is 10.8 Å². The van der Waals surface area contributed by atoms with Crippen molar-refractivity contribution in [3.8, 4) is 11.1 Å². The summed E-state index contributed by atoms with van der Waals surface area (Å²) in [6.07, 6.45) is -9.08. The molecule has 3 aromatic rings. The molecule has 0 aliphatic carbocycles. The normalized spacial score (nSPS) is 13.1. The van der Waals surface area contributed by atoms with Crippen LogP contribution in [0, 0.1) is 38.3 Å². The van der Waals surface area contributed by atoms with Crippen molar-refractivity contribution in [3.63, 3.8) is 0 Å². The summed E-state index contributed by atoms with van der Waals surface area (Å²) in [5, 5.41) is 2.14. The van der Waals surface area contributed by atoms with Gasteiger partial charge < -0.3 is 19.5 Å². The fraction of sp³-hybridized carbons (Fsp3) is 0.447. The van der Waals surface area contributed by atoms with Crippen molar-refractivity contribution in [2.24, 2.45) is 5.92 Å². The van der Waals surface area contributed by atoms with Crippen molar-refractivity contribution in [1.29, 1.82) is 0 Å². The molecule has 7 nitrogen and oxygen atoms in total. The molecular weight excluding hydrogens is 714 g/mol. The molecule has 53 heavy (non-hydrogen) atoms. The van der Waals surface area contributed by atoms with E-state index in [9.17, 15) is 40.7 Å². The number of esters is 1. The van der Waals surface area contributed by atoms with Gasteiger partial charge in [0.1, 0.15) is 17.7 Å². The summed E-state index contributed by atoms with van der Waals surface area (Å²) in [4.78, 5) is 41.8. The van der Waals surface area contributed by atoms with E-state index < -0.39 is 81.3 Å². The highest BCUT2D eigenvalue weighted by molar-refractivity contribution is 5.98. The number of ether oxygens (including phenoxy) is 1. The van der Waals surface area contributed by atoms with Crippen LogP contribution in [-0.4, -0.2) is 48.6 Å². The number of halogens is 8. The number of aryl methyl sites for hydroxylation is 4. The van der Waals surface area contributed by atoms with Crippen LogP contribution in [0.4, 0.5) is 35.1 Å². The van der Waals surface area contributed by atoms with Crippen molar-refractivity contribution >= 4 is 17.6 Å². The van der Waals surface area contributed by atoms with Crippen molar-refractivity contribution in [3.05, 3.63) is 97.5 Å². The molecule has 0 radical (unpaired) electrons. The zero-order chi connectivity index (χ0) is 40.2. The van der Waals surface area contributed by atoms with Crippen LogP contribution in [0.3, 0.4) is 0 Å². The molecule has 1 atom stereocenters. The minimum atomic E-state index is -5.37. The monoisotopic (exact) mass is 757 g/mol. The Hall–Kier alpha value is -4.53. The SMILES string of the molecule is CCOC(=O)/C=C(/NC(=O)C(CC(C)C)n1cc(CCCN(C)C)c(C(F)(F)F)cc1=O)c1c(F)c(-c2c(C)cc(C)cc2C)cc(C(F)(F)F)c1F. The predicted molar refractivity (Wildman–Crippen MR) is 185 cm³/mol. The first-order chi connectivity index (χ1) is 24.5. The predicted octanol–water partition coefficient (Wildman–Crippen LogP) is 8.56. The Morgan fingerprint density at radius 2 is 1.51 bits per heavy atom. The van der Waals surface area contributed by atoms with E-state index in [1.165, 1.54) is 20.8 Å². The van der Waals surface area contributed by atoms with Crippen LogP contribution in [0.1, 0.15) is 78.6 Å². The summed E-state index contributed by atoms with van der Waals surface area (Å²) >= 11 is 0. The summed E-state index contributed by atoms with van der Waals surface area (Å²) in [7, 11) is 3.44. The van der Waals surface area contributed by atoms with E-state index in [0.29, 0.717) is 41.4 Å². The lowest BCUT2D eigenvalue weighted by Crippen LogP contribution is -2.38. The molecular formula is C38H43F8N3O4. The Bertz CT molecular complexity index is 1900. The number of hydrogen-bond acceptors (Lipinski definition) is 5. The summed E-state index contributed by atoms with van der Waals surface area (Å²) in [6, 6.07) is 2.20. The van der Waals surface area contributed by atoms with Gasteiger partial charge in [-0.2, -0.15) is 26.3 Å². The van der Waals surface area contributed by atoms with Gasteiger partial charge in [0.2, 0.25) is 5.91 Å². The second-order valence-corrected chi connectivity index (χ2v) is 13.6. The lowest BCUT2D eigenvalue weighted by molar-refractivity contribution is -0.140. The number of pyridine rings is 1. The third-order valence-electron chi connectivity index (χ3n) is 8.38. The Morgan fingerprint density at radius 3 is 2.02 bits per heavy atom. The molecule has 2 aromatic carbocycles. The Balaban J connectivity index is 2.34. The van der Waals surface area contributed by atoms with Crippen LogP contribution in [0.2, 0.25) is 0 Å². The van der Waals surface area contributed by atoms with E-state index in [1.807, 2.05) is 0 Å². The first kappa shape index (κ1) is 42.9. The van der Waals surface area contributed by atoms with Crippen molar-refractivity contribution < 1.29 is 49.4 Å². The number of carbonyl (C=O) groups is 2. The number of nitrogens with one attached hydrogen (secondary N) is 1. The molecule has 1 heterocycles. The van der Waals surface area contributed by atoms with Gasteiger partial charge in [-0.1, -0.05) is 31.5 Å². The average molecular weight is 758 g/mol. The molecule has 0 spiro atoms. The van der Waals surface area contributed by atoms with Crippen LogP contribution < -0.4 is 10.9 Å². The number of carbonyl (C=O) groups excluding carboxylic acids is 2. The maximum absolute atomic E-state index is 16.7. The zero-order valence-corrected chi connectivity index (χ0v) is 30.7. The van der Waals surface area contributed by atoms with Crippen LogP contribution in [0.5, 0.6) is 0 Å². The average Bonchev–Trinajstić information content (AvgIpc) is 2.99. The van der Waals surface area contributed by atoms with Gasteiger partial charge in [-0.15, -0.1) is 0 Å². The van der Waals surface area contributed by atoms with Gasteiger partial charge in [0.15, 0.2) is 0 Å². The minimum absolute atomic E-state index is 0.0115. The highest BCUT2D eigenvalue weighted by atomic mass is 19.4. The van der Waals surface area contributed by atoms with Gasteiger partial charge in [-0.25, -0.2) is 13.6 Å². The largest absolute Gasteiger partial charge is 0.463 e. The third kappa shape index (κ3) is 10.5. The van der Waals surface area contributed by atoms with E-state index >= 15 is 8.78 Å². The first-order valence-corrected chi connectivity index (χ1v) is 16.8. The van der Waals surface area contributed by atoms with Gasteiger partial charge in [0.25, 0.3) is 5.56 Å². The number of benzene rings is 2. The maximum Gasteiger partial charge on any atom is 0.419 e. The fourth-order valence-electron chi connectivity index (χ4n) is 6.23. The lowest BCUT2D eigenvalue weighted by atomic mass is 9.89. The van der Waals surface area contributed by atoms with Crippen LogP contribution in [0.25, 0.3) is 16.8 Å². The molecule has 1 aromatic heterocycles. The van der Waals surface area contributed by atoms with Gasteiger partial charge in [0, 0.05) is 23.9 Å². The van der Waals surface area contributed by atoms with E-state index in [4.69, 9.17) is 4.74 Å². The standard InChI is InChI=1S/C38H43F8N3O4/c1-9-53-31(51)18-28(33-34(39)25(16-27(35(33)40)38(44,45)46)32-22(5)14-21(4)15-23(32)6)47-36(52)29(13-20(2)3)49-19-24(11-10-12-48(7)8)26(17-30(49)50)37(41,42)43/h14-20,29H,9-13H2,1-8H3,(H,47,52)/b28-18+. The number of rotatable bonds is 13. The molecule has 1 unspecified atom stereocenters. The van der Waals surface area contributed by atoms with Crippen LogP contribution in [0.15, 0.2) is 41.3 Å². The number of aromatic nitrogens is 1. The molecule has 0 aliphatic rings. The second kappa shape index (κ2) is 17.1. The fourth-order valence-corrected chi connectivity index (χ4v) is 6.23. The van der Waals surface area contributed by atoms with Crippen LogP contribution >= 0.6 is 0 Å². The van der Waals surface area contributed by atoms with Crippen molar-refractivity contribution in [1.82, 2.24) is 14.8 Å². The highest BCUT2D eigenvalue weighted by Gasteiger charge is 2.40. The van der Waals surface area contributed by atoms with E-state index in [2.05, 4.69) is 5.32 Å². The van der Waals surface area contributed by atoms with Crippen molar-refractivity contribution in [2.45, 2.75) is 79.2 Å². The van der Waals surface area contributed by atoms with Gasteiger partial charge >= 0.3 is 18.3 Å². The molecule has 0 aliphatic heterocycles. The third-order valence-corrected chi connectivity index (χ3v) is 8.38. The number of amides is 1. The van der Waals surface area contributed by atoms with Gasteiger partial charge in [-0.3, -0.25) is 9.59 Å².